The first-order valence-electron chi connectivity index (χ1n) is 6.56. The Morgan fingerprint density at radius 2 is 2.21 bits per heavy atom. The minimum Gasteiger partial charge on any atom is -0.479 e. The third kappa shape index (κ3) is 3.97. The van der Waals surface area contributed by atoms with Gasteiger partial charge < -0.3 is 20.5 Å². The number of hydrogen-bond acceptors (Lipinski definition) is 6. The van der Waals surface area contributed by atoms with Crippen LogP contribution >= 0.6 is 0 Å². The summed E-state index contributed by atoms with van der Waals surface area (Å²) < 4.78 is 10.5. The lowest BCUT2D eigenvalue weighted by Crippen LogP contribution is -2.42. The molecule has 2 rings (SSSR count). The highest BCUT2D eigenvalue weighted by molar-refractivity contribution is 5.53. The molecule has 0 aliphatic carbocycles. The maximum Gasteiger partial charge on any atom is 0.238 e. The molecule has 19 heavy (non-hydrogen) atoms. The molecule has 1 fully saturated rings. The van der Waals surface area contributed by atoms with Gasteiger partial charge in [-0.25, -0.2) is 0 Å². The zero-order valence-electron chi connectivity index (χ0n) is 11.6. The van der Waals surface area contributed by atoms with Crippen molar-refractivity contribution in [2.75, 3.05) is 51.0 Å². The zero-order chi connectivity index (χ0) is 13.7. The fourth-order valence-corrected chi connectivity index (χ4v) is 2.16. The number of morpholine rings is 1. The van der Waals surface area contributed by atoms with Crippen LogP contribution in [0, 0.1) is 0 Å². The van der Waals surface area contributed by atoms with Gasteiger partial charge in [0.05, 0.1) is 26.0 Å². The molecule has 3 N–H and O–H groups in total. The lowest BCUT2D eigenvalue weighted by atomic mass is 10.2. The van der Waals surface area contributed by atoms with E-state index in [1.807, 2.05) is 6.07 Å². The molecule has 106 valence electrons. The van der Waals surface area contributed by atoms with Gasteiger partial charge >= 0.3 is 0 Å². The number of nitrogens with one attached hydrogen (secondary N) is 1. The Morgan fingerprint density at radius 1 is 1.47 bits per heavy atom. The molecule has 1 aromatic heterocycles. The third-order valence-electron chi connectivity index (χ3n) is 3.11. The first-order chi connectivity index (χ1) is 9.19. The Hall–Kier alpha value is -1.53. The molecule has 0 radical (unpaired) electrons. The van der Waals surface area contributed by atoms with Gasteiger partial charge in [-0.2, -0.15) is 4.98 Å². The van der Waals surface area contributed by atoms with E-state index in [-0.39, 0.29) is 0 Å². The quantitative estimate of drug-likeness (QED) is 0.821. The molecule has 0 bridgehead atoms. The summed E-state index contributed by atoms with van der Waals surface area (Å²) in [6.07, 6.45) is 0. The minimum absolute atomic E-state index is 0.305. The SMILES string of the molecule is COc1nc(NC(C)CN2CCOCC2)ccc1N. The van der Waals surface area contributed by atoms with Crippen molar-refractivity contribution < 1.29 is 9.47 Å². The lowest BCUT2D eigenvalue weighted by molar-refractivity contribution is 0.0368. The van der Waals surface area contributed by atoms with Crippen molar-refractivity contribution in [1.82, 2.24) is 9.88 Å². The number of anilines is 2. The normalized spacial score (nSPS) is 18.0. The second-order valence-corrected chi connectivity index (χ2v) is 4.75. The minimum atomic E-state index is 0.305. The van der Waals surface area contributed by atoms with Crippen LogP contribution in [-0.2, 0) is 4.74 Å². The monoisotopic (exact) mass is 266 g/mol. The summed E-state index contributed by atoms with van der Waals surface area (Å²) in [5.74, 6) is 1.25. The molecule has 0 saturated carbocycles. The largest absolute Gasteiger partial charge is 0.479 e. The van der Waals surface area contributed by atoms with Crippen LogP contribution in [0.3, 0.4) is 0 Å². The molecule has 1 unspecified atom stereocenters. The Kier molecular flexibility index (Phi) is 4.81. The number of pyridine rings is 1. The zero-order valence-corrected chi connectivity index (χ0v) is 11.6. The van der Waals surface area contributed by atoms with Crippen molar-refractivity contribution in [3.8, 4) is 5.88 Å². The van der Waals surface area contributed by atoms with Crippen molar-refractivity contribution in [2.45, 2.75) is 13.0 Å². The van der Waals surface area contributed by atoms with Crippen LogP contribution in [0.1, 0.15) is 6.92 Å². The Labute approximate surface area is 113 Å². The number of hydrogen-bond donors (Lipinski definition) is 2. The smallest absolute Gasteiger partial charge is 0.238 e. The van der Waals surface area contributed by atoms with Crippen LogP contribution in [0.25, 0.3) is 0 Å². The number of ether oxygens (including phenoxy) is 2. The molecule has 6 nitrogen and oxygen atoms in total. The summed E-state index contributed by atoms with van der Waals surface area (Å²) in [6.45, 7) is 6.73. The van der Waals surface area contributed by atoms with E-state index in [1.54, 1.807) is 13.2 Å². The van der Waals surface area contributed by atoms with Gasteiger partial charge in [0.15, 0.2) is 0 Å². The van der Waals surface area contributed by atoms with Gasteiger partial charge in [-0.15, -0.1) is 0 Å². The average Bonchev–Trinajstić information content (AvgIpc) is 2.42. The summed E-state index contributed by atoms with van der Waals surface area (Å²) in [5, 5.41) is 3.36. The maximum absolute atomic E-state index is 5.74. The van der Waals surface area contributed by atoms with Crippen molar-refractivity contribution in [1.29, 1.82) is 0 Å². The Bertz CT molecular complexity index is 408. The predicted molar refractivity (Wildman–Crippen MR) is 75.5 cm³/mol. The van der Waals surface area contributed by atoms with Crippen LogP contribution in [0.5, 0.6) is 5.88 Å². The highest BCUT2D eigenvalue weighted by Crippen LogP contribution is 2.20. The molecule has 1 saturated heterocycles. The van der Waals surface area contributed by atoms with Crippen LogP contribution < -0.4 is 15.8 Å². The summed E-state index contributed by atoms with van der Waals surface area (Å²) in [7, 11) is 1.57. The maximum atomic E-state index is 5.74. The van der Waals surface area contributed by atoms with Crippen LogP contribution in [0.2, 0.25) is 0 Å². The number of aromatic nitrogens is 1. The van der Waals surface area contributed by atoms with Gasteiger partial charge in [0, 0.05) is 25.7 Å². The average molecular weight is 266 g/mol. The fraction of sp³-hybridized carbons (Fsp3) is 0.615. The molecular formula is C13H22N4O2. The number of nitrogen functional groups attached to an aromatic ring is 1. The number of nitrogens with two attached hydrogens (primary N) is 1. The van der Waals surface area contributed by atoms with Crippen molar-refractivity contribution in [3.63, 3.8) is 0 Å². The summed E-state index contributed by atoms with van der Waals surface area (Å²) in [6, 6.07) is 3.97. The topological polar surface area (TPSA) is 72.6 Å². The molecule has 0 amide bonds. The van der Waals surface area contributed by atoms with E-state index >= 15 is 0 Å². The first kappa shape index (κ1) is 13.9. The Balaban J connectivity index is 1.88. The van der Waals surface area contributed by atoms with Crippen LogP contribution in [0.4, 0.5) is 11.5 Å². The molecule has 6 heteroatoms. The van der Waals surface area contributed by atoms with E-state index in [4.69, 9.17) is 15.2 Å². The first-order valence-corrected chi connectivity index (χ1v) is 6.56. The standard InChI is InChI=1S/C13H22N4O2/c1-10(9-17-5-7-19-8-6-17)15-12-4-3-11(14)13(16-12)18-2/h3-4,10H,5-9,14H2,1-2H3,(H,15,16). The number of nitrogens with zero attached hydrogens (tertiary/aromatic N) is 2. The van der Waals surface area contributed by atoms with E-state index in [0.29, 0.717) is 17.6 Å². The molecule has 2 heterocycles. The van der Waals surface area contributed by atoms with E-state index in [0.717, 1.165) is 38.7 Å². The van der Waals surface area contributed by atoms with Crippen molar-refractivity contribution in [2.24, 2.45) is 0 Å². The molecule has 0 aromatic carbocycles. The predicted octanol–water partition coefficient (Wildman–Crippen LogP) is 0.805. The molecule has 1 aliphatic heterocycles. The van der Waals surface area contributed by atoms with E-state index in [2.05, 4.69) is 22.1 Å². The molecule has 1 aromatic rings. The van der Waals surface area contributed by atoms with Crippen LogP contribution in [-0.4, -0.2) is 55.9 Å². The molecular weight excluding hydrogens is 244 g/mol. The Morgan fingerprint density at radius 3 is 2.89 bits per heavy atom. The van der Waals surface area contributed by atoms with Gasteiger partial charge in [0.2, 0.25) is 5.88 Å². The fourth-order valence-electron chi connectivity index (χ4n) is 2.16. The van der Waals surface area contributed by atoms with Crippen molar-refractivity contribution >= 4 is 11.5 Å². The molecule has 0 spiro atoms. The van der Waals surface area contributed by atoms with Crippen LogP contribution in [0.15, 0.2) is 12.1 Å². The van der Waals surface area contributed by atoms with Gasteiger partial charge in [-0.3, -0.25) is 4.90 Å². The van der Waals surface area contributed by atoms with E-state index in [1.165, 1.54) is 0 Å². The van der Waals surface area contributed by atoms with E-state index < -0.39 is 0 Å². The molecule has 1 atom stereocenters. The second kappa shape index (κ2) is 6.58. The van der Waals surface area contributed by atoms with Gasteiger partial charge in [-0.1, -0.05) is 0 Å². The highest BCUT2D eigenvalue weighted by Gasteiger charge is 2.14. The summed E-state index contributed by atoms with van der Waals surface area (Å²) in [4.78, 5) is 6.71. The van der Waals surface area contributed by atoms with Gasteiger partial charge in [-0.05, 0) is 19.1 Å². The van der Waals surface area contributed by atoms with Gasteiger partial charge in [0.1, 0.15) is 5.82 Å². The van der Waals surface area contributed by atoms with E-state index in [9.17, 15) is 0 Å². The lowest BCUT2D eigenvalue weighted by Gasteiger charge is -2.29. The van der Waals surface area contributed by atoms with Crippen molar-refractivity contribution in [3.05, 3.63) is 12.1 Å². The summed E-state index contributed by atoms with van der Waals surface area (Å²) in [5.41, 5.74) is 6.29. The highest BCUT2D eigenvalue weighted by atomic mass is 16.5. The third-order valence-corrected chi connectivity index (χ3v) is 3.11. The molecule has 1 aliphatic rings. The number of rotatable bonds is 5. The number of methoxy groups -OCH3 is 1. The second-order valence-electron chi connectivity index (χ2n) is 4.75. The summed E-state index contributed by atoms with van der Waals surface area (Å²) >= 11 is 0. The van der Waals surface area contributed by atoms with Gasteiger partial charge in [0.25, 0.3) is 0 Å².